The first-order valence-electron chi connectivity index (χ1n) is 5.53. The molecule has 1 aliphatic heterocycles. The van der Waals surface area contributed by atoms with Gasteiger partial charge in [0.05, 0.1) is 6.07 Å². The van der Waals surface area contributed by atoms with Gasteiger partial charge < -0.3 is 10.0 Å². The zero-order chi connectivity index (χ0) is 11.5. The number of allylic oxidation sites excluding steroid dienone is 1. The molecule has 86 valence electrons. The molecule has 2 aliphatic rings. The van der Waals surface area contributed by atoms with Crippen LogP contribution in [0.4, 0.5) is 4.79 Å². The molecule has 0 radical (unpaired) electrons. The lowest BCUT2D eigenvalue weighted by atomic mass is 10.2. The molecule has 0 saturated carbocycles. The van der Waals surface area contributed by atoms with E-state index in [9.17, 15) is 4.79 Å². The van der Waals surface area contributed by atoms with Crippen molar-refractivity contribution in [2.45, 2.75) is 18.9 Å². The van der Waals surface area contributed by atoms with Gasteiger partial charge in [0.25, 0.3) is 0 Å². The van der Waals surface area contributed by atoms with E-state index < -0.39 is 6.09 Å². The number of rotatable bonds is 1. The van der Waals surface area contributed by atoms with E-state index in [1.165, 1.54) is 4.90 Å². The van der Waals surface area contributed by atoms with Gasteiger partial charge in [-0.15, -0.1) is 0 Å². The molecule has 0 aromatic heterocycles. The fourth-order valence-electron chi connectivity index (χ4n) is 2.33. The Labute approximate surface area is 94.6 Å². The van der Waals surface area contributed by atoms with Gasteiger partial charge in [-0.1, -0.05) is 6.08 Å². The monoisotopic (exact) mass is 221 g/mol. The third kappa shape index (κ3) is 2.17. The Kier molecular flexibility index (Phi) is 3.11. The molecule has 1 amide bonds. The summed E-state index contributed by atoms with van der Waals surface area (Å²) >= 11 is 0. The van der Waals surface area contributed by atoms with E-state index in [0.29, 0.717) is 19.1 Å². The van der Waals surface area contributed by atoms with Crippen LogP contribution in [0.1, 0.15) is 12.8 Å². The van der Waals surface area contributed by atoms with Crippen LogP contribution in [0.5, 0.6) is 0 Å². The van der Waals surface area contributed by atoms with E-state index in [-0.39, 0.29) is 0 Å². The summed E-state index contributed by atoms with van der Waals surface area (Å²) in [7, 11) is 0. The van der Waals surface area contributed by atoms with Crippen molar-refractivity contribution in [1.29, 1.82) is 5.26 Å². The molecule has 0 spiro atoms. The average Bonchev–Trinajstić information content (AvgIpc) is 2.77. The maximum absolute atomic E-state index is 10.7. The van der Waals surface area contributed by atoms with Crippen LogP contribution >= 0.6 is 0 Å². The highest BCUT2D eigenvalue weighted by Gasteiger charge is 2.27. The Bertz CT molecular complexity index is 351. The number of nitriles is 1. The maximum atomic E-state index is 10.7. The van der Waals surface area contributed by atoms with Crippen LogP contribution in [-0.4, -0.2) is 53.2 Å². The Morgan fingerprint density at radius 3 is 2.62 bits per heavy atom. The summed E-state index contributed by atoms with van der Waals surface area (Å²) in [5, 5.41) is 17.6. The molecule has 5 nitrogen and oxygen atoms in total. The maximum Gasteiger partial charge on any atom is 0.407 e. The van der Waals surface area contributed by atoms with Crippen molar-refractivity contribution in [2.75, 3.05) is 26.2 Å². The number of hydrogen-bond acceptors (Lipinski definition) is 3. The number of carboxylic acid groups (broad SMARTS) is 1. The molecule has 16 heavy (non-hydrogen) atoms. The first kappa shape index (κ1) is 11.0. The minimum absolute atomic E-state index is 0.339. The molecule has 0 aromatic carbocycles. The second kappa shape index (κ2) is 4.54. The van der Waals surface area contributed by atoms with E-state index in [1.54, 1.807) is 0 Å². The highest BCUT2D eigenvalue weighted by molar-refractivity contribution is 5.65. The summed E-state index contributed by atoms with van der Waals surface area (Å²) < 4.78 is 0. The number of hydrogen-bond donors (Lipinski definition) is 1. The lowest BCUT2D eigenvalue weighted by Crippen LogP contribution is -2.50. The fraction of sp³-hybridized carbons (Fsp3) is 0.636. The van der Waals surface area contributed by atoms with Gasteiger partial charge in [0.2, 0.25) is 0 Å². The van der Waals surface area contributed by atoms with E-state index in [1.807, 2.05) is 6.08 Å². The summed E-state index contributed by atoms with van der Waals surface area (Å²) in [4.78, 5) is 14.4. The Balaban J connectivity index is 1.89. The Morgan fingerprint density at radius 1 is 1.44 bits per heavy atom. The van der Waals surface area contributed by atoms with Crippen LogP contribution < -0.4 is 0 Å². The second-order valence-electron chi connectivity index (χ2n) is 4.22. The molecule has 0 bridgehead atoms. The van der Waals surface area contributed by atoms with E-state index in [4.69, 9.17) is 10.4 Å². The molecule has 1 aliphatic carbocycles. The molecular weight excluding hydrogens is 206 g/mol. The van der Waals surface area contributed by atoms with E-state index in [2.05, 4.69) is 11.0 Å². The van der Waals surface area contributed by atoms with Crippen molar-refractivity contribution >= 4 is 6.09 Å². The minimum Gasteiger partial charge on any atom is -0.465 e. The molecule has 1 N–H and O–H groups in total. The predicted octanol–water partition coefficient (Wildman–Crippen LogP) is 0.894. The Morgan fingerprint density at radius 2 is 2.12 bits per heavy atom. The van der Waals surface area contributed by atoms with Gasteiger partial charge in [0.15, 0.2) is 0 Å². The van der Waals surface area contributed by atoms with Gasteiger partial charge in [-0.25, -0.2) is 4.79 Å². The van der Waals surface area contributed by atoms with Crippen molar-refractivity contribution in [3.8, 4) is 6.07 Å². The van der Waals surface area contributed by atoms with Crippen LogP contribution in [0.25, 0.3) is 0 Å². The van der Waals surface area contributed by atoms with Crippen molar-refractivity contribution in [3.05, 3.63) is 11.6 Å². The molecule has 5 heteroatoms. The van der Waals surface area contributed by atoms with Gasteiger partial charge in [-0.05, 0) is 12.8 Å². The predicted molar refractivity (Wildman–Crippen MR) is 57.9 cm³/mol. The van der Waals surface area contributed by atoms with Crippen LogP contribution in [0.3, 0.4) is 0 Å². The summed E-state index contributed by atoms with van der Waals surface area (Å²) in [6.07, 6.45) is 3.05. The molecular formula is C11H15N3O2. The summed E-state index contributed by atoms with van der Waals surface area (Å²) in [6, 6.07) is 2.53. The smallest absolute Gasteiger partial charge is 0.407 e. The van der Waals surface area contributed by atoms with E-state index in [0.717, 1.165) is 31.5 Å². The molecule has 2 rings (SSSR count). The third-order valence-electron chi connectivity index (χ3n) is 3.30. The topological polar surface area (TPSA) is 67.6 Å². The highest BCUT2D eigenvalue weighted by Crippen LogP contribution is 2.23. The number of amides is 1. The molecule has 1 heterocycles. The fourth-order valence-corrected chi connectivity index (χ4v) is 2.33. The third-order valence-corrected chi connectivity index (χ3v) is 3.30. The van der Waals surface area contributed by atoms with Crippen molar-refractivity contribution in [3.63, 3.8) is 0 Å². The van der Waals surface area contributed by atoms with Gasteiger partial charge in [0, 0.05) is 37.8 Å². The number of piperazine rings is 1. The number of nitrogens with zero attached hydrogens (tertiary/aromatic N) is 3. The highest BCUT2D eigenvalue weighted by atomic mass is 16.4. The quantitative estimate of drug-likeness (QED) is 0.714. The number of carbonyl (C=O) groups is 1. The first-order chi connectivity index (χ1) is 7.70. The second-order valence-corrected chi connectivity index (χ2v) is 4.22. The summed E-state index contributed by atoms with van der Waals surface area (Å²) in [5.74, 6) is 0. The van der Waals surface area contributed by atoms with Gasteiger partial charge >= 0.3 is 6.09 Å². The van der Waals surface area contributed by atoms with Crippen molar-refractivity contribution in [2.24, 2.45) is 0 Å². The van der Waals surface area contributed by atoms with Gasteiger partial charge in [-0.2, -0.15) is 5.26 Å². The molecule has 1 atom stereocenters. The SMILES string of the molecule is N#CC1=CC(N2CCN(C(=O)O)CC2)CC1. The van der Waals surface area contributed by atoms with Crippen LogP contribution in [0, 0.1) is 11.3 Å². The summed E-state index contributed by atoms with van der Waals surface area (Å²) in [6.45, 7) is 2.68. The standard InChI is InChI=1S/C11H15N3O2/c12-8-9-1-2-10(7-9)13-3-5-14(6-4-13)11(15)16/h7,10H,1-6H2,(H,15,16). The van der Waals surface area contributed by atoms with Crippen molar-refractivity contribution < 1.29 is 9.90 Å². The van der Waals surface area contributed by atoms with Crippen molar-refractivity contribution in [1.82, 2.24) is 9.80 Å². The normalized spacial score (nSPS) is 26.3. The molecule has 0 aromatic rings. The van der Waals surface area contributed by atoms with Gasteiger partial charge in [0.1, 0.15) is 0 Å². The molecule has 1 saturated heterocycles. The van der Waals surface area contributed by atoms with E-state index >= 15 is 0 Å². The molecule has 1 fully saturated rings. The lowest BCUT2D eigenvalue weighted by Gasteiger charge is -2.36. The lowest BCUT2D eigenvalue weighted by molar-refractivity contribution is 0.0944. The average molecular weight is 221 g/mol. The first-order valence-corrected chi connectivity index (χ1v) is 5.53. The minimum atomic E-state index is -0.834. The van der Waals surface area contributed by atoms with Crippen LogP contribution in [0.15, 0.2) is 11.6 Å². The summed E-state index contributed by atoms with van der Waals surface area (Å²) in [5.41, 5.74) is 0.866. The van der Waals surface area contributed by atoms with Gasteiger partial charge in [-0.3, -0.25) is 4.90 Å². The molecule has 1 unspecified atom stereocenters. The zero-order valence-electron chi connectivity index (χ0n) is 9.09. The zero-order valence-corrected chi connectivity index (χ0v) is 9.09. The van der Waals surface area contributed by atoms with Crippen LogP contribution in [-0.2, 0) is 0 Å². The Hall–Kier alpha value is -1.54. The largest absolute Gasteiger partial charge is 0.465 e. The van der Waals surface area contributed by atoms with Crippen LogP contribution in [0.2, 0.25) is 0 Å².